The first-order valence-electron chi connectivity index (χ1n) is 7.68. The van der Waals surface area contributed by atoms with Gasteiger partial charge in [-0.1, -0.05) is 12.1 Å². The highest BCUT2D eigenvalue weighted by Gasteiger charge is 2.16. The van der Waals surface area contributed by atoms with Gasteiger partial charge in [0.25, 0.3) is 5.69 Å². The molecule has 0 fully saturated rings. The Bertz CT molecular complexity index is 1060. The monoisotopic (exact) mass is 364 g/mol. The van der Waals surface area contributed by atoms with Crippen LogP contribution in [0, 0.1) is 21.4 Å². The Balaban J connectivity index is 1.75. The van der Waals surface area contributed by atoms with E-state index in [1.54, 1.807) is 24.3 Å². The molecule has 134 valence electrons. The molecule has 3 rings (SSSR count). The molecule has 2 aromatic carbocycles. The van der Waals surface area contributed by atoms with Gasteiger partial charge < -0.3 is 14.8 Å². The Morgan fingerprint density at radius 2 is 1.96 bits per heavy atom. The molecular weight excluding hydrogens is 352 g/mol. The van der Waals surface area contributed by atoms with Gasteiger partial charge in [0.2, 0.25) is 0 Å². The number of carbonyl (C=O) groups is 1. The van der Waals surface area contributed by atoms with Gasteiger partial charge >= 0.3 is 5.97 Å². The first-order valence-corrected chi connectivity index (χ1v) is 7.68. The number of nitro groups is 1. The molecule has 0 radical (unpaired) electrons. The molecular formula is C18H12N4O5. The number of imidazole rings is 1. The fraction of sp³-hybridized carbons (Fsp3) is 0.0556. The first-order chi connectivity index (χ1) is 13.0. The van der Waals surface area contributed by atoms with Crippen molar-refractivity contribution in [3.05, 3.63) is 75.8 Å². The van der Waals surface area contributed by atoms with Gasteiger partial charge in [0.1, 0.15) is 18.2 Å². The average molecular weight is 364 g/mol. The minimum Gasteiger partial charge on any atom is -0.507 e. The second-order valence-corrected chi connectivity index (χ2v) is 5.42. The number of hydrogen-bond acceptors (Lipinski definition) is 7. The van der Waals surface area contributed by atoms with Gasteiger partial charge in [-0.05, 0) is 24.3 Å². The minimum absolute atomic E-state index is 0.0793. The zero-order valence-corrected chi connectivity index (χ0v) is 13.7. The van der Waals surface area contributed by atoms with Crippen molar-refractivity contribution in [2.75, 3.05) is 6.61 Å². The van der Waals surface area contributed by atoms with Gasteiger partial charge in [0.15, 0.2) is 11.6 Å². The summed E-state index contributed by atoms with van der Waals surface area (Å²) in [5.74, 6) is -1.10. The van der Waals surface area contributed by atoms with Crippen LogP contribution in [0.5, 0.6) is 0 Å². The van der Waals surface area contributed by atoms with Crippen LogP contribution < -0.4 is 0 Å². The van der Waals surface area contributed by atoms with Crippen molar-refractivity contribution in [2.24, 2.45) is 0 Å². The van der Waals surface area contributed by atoms with Crippen LogP contribution in [-0.2, 0) is 4.74 Å². The highest BCUT2D eigenvalue weighted by atomic mass is 16.6. The number of nitriles is 1. The molecule has 1 heterocycles. The number of nitrogens with zero attached hydrogens (tertiary/aromatic N) is 3. The van der Waals surface area contributed by atoms with Crippen LogP contribution in [0.1, 0.15) is 16.2 Å². The number of aliphatic hydroxyl groups is 1. The number of nitro benzene ring substituents is 1. The molecule has 27 heavy (non-hydrogen) atoms. The van der Waals surface area contributed by atoms with E-state index in [-0.39, 0.29) is 22.6 Å². The molecule has 0 aliphatic carbocycles. The summed E-state index contributed by atoms with van der Waals surface area (Å²) in [6.07, 6.45) is 0. The number of benzene rings is 2. The maximum atomic E-state index is 12.0. The zero-order valence-electron chi connectivity index (χ0n) is 13.7. The lowest BCUT2D eigenvalue weighted by molar-refractivity contribution is -0.384. The molecule has 0 aliphatic rings. The van der Waals surface area contributed by atoms with E-state index >= 15 is 0 Å². The van der Waals surface area contributed by atoms with E-state index < -0.39 is 23.3 Å². The lowest BCUT2D eigenvalue weighted by Crippen LogP contribution is -2.09. The molecule has 0 atom stereocenters. The molecule has 2 N–H and O–H groups in total. The van der Waals surface area contributed by atoms with Crippen LogP contribution in [-0.4, -0.2) is 32.6 Å². The van der Waals surface area contributed by atoms with Crippen LogP contribution in [0.15, 0.2) is 54.3 Å². The Kier molecular flexibility index (Phi) is 4.81. The standard InChI is InChI=1S/C18H12N4O5/c19-9-13(17-20-14-3-1-2-4-15(14)21-17)16(23)10-27-18(24)11-5-7-12(8-6-11)22(25)26/h1-8,23H,10H2,(H,20,21)/b16-13-. The van der Waals surface area contributed by atoms with Crippen molar-refractivity contribution in [1.82, 2.24) is 9.97 Å². The maximum absolute atomic E-state index is 12.0. The molecule has 0 amide bonds. The number of non-ortho nitro benzene ring substituents is 1. The van der Waals surface area contributed by atoms with Crippen molar-refractivity contribution >= 4 is 28.3 Å². The number of aliphatic hydroxyl groups excluding tert-OH is 1. The molecule has 0 saturated heterocycles. The van der Waals surface area contributed by atoms with Gasteiger partial charge in [0.05, 0.1) is 21.5 Å². The van der Waals surface area contributed by atoms with Crippen molar-refractivity contribution in [1.29, 1.82) is 5.26 Å². The smallest absolute Gasteiger partial charge is 0.338 e. The number of esters is 1. The maximum Gasteiger partial charge on any atom is 0.338 e. The van der Waals surface area contributed by atoms with Crippen LogP contribution in [0.4, 0.5) is 5.69 Å². The van der Waals surface area contributed by atoms with Crippen LogP contribution in [0.3, 0.4) is 0 Å². The predicted octanol–water partition coefficient (Wildman–Crippen LogP) is 3.12. The summed E-state index contributed by atoms with van der Waals surface area (Å²) in [4.78, 5) is 29.1. The lowest BCUT2D eigenvalue weighted by Gasteiger charge is -2.05. The SMILES string of the molecule is N#C/C(=C(/O)COC(=O)c1ccc([N+](=O)[O-])cc1)c1nc2ccccc2[nH]1. The Labute approximate surface area is 152 Å². The zero-order chi connectivity index (χ0) is 19.4. The van der Waals surface area contributed by atoms with Gasteiger partial charge in [-0.2, -0.15) is 5.26 Å². The molecule has 0 spiro atoms. The number of aromatic amines is 1. The second-order valence-electron chi connectivity index (χ2n) is 5.42. The number of hydrogen-bond donors (Lipinski definition) is 2. The molecule has 1 aromatic heterocycles. The Hall–Kier alpha value is -4.19. The number of ether oxygens (including phenoxy) is 1. The van der Waals surface area contributed by atoms with Crippen molar-refractivity contribution in [2.45, 2.75) is 0 Å². The third-order valence-electron chi connectivity index (χ3n) is 3.68. The summed E-state index contributed by atoms with van der Waals surface area (Å²) >= 11 is 0. The number of aromatic nitrogens is 2. The number of para-hydroxylation sites is 2. The molecule has 9 heteroatoms. The quantitative estimate of drug-likeness (QED) is 0.233. The second kappa shape index (κ2) is 7.37. The Morgan fingerprint density at radius 3 is 2.59 bits per heavy atom. The molecule has 0 bridgehead atoms. The van der Waals surface area contributed by atoms with E-state index in [4.69, 9.17) is 4.74 Å². The third kappa shape index (κ3) is 3.74. The number of carbonyl (C=O) groups excluding carboxylic acids is 1. The van der Waals surface area contributed by atoms with E-state index in [0.29, 0.717) is 11.0 Å². The minimum atomic E-state index is -0.793. The van der Waals surface area contributed by atoms with E-state index in [9.17, 15) is 25.3 Å². The van der Waals surface area contributed by atoms with Crippen molar-refractivity contribution < 1.29 is 19.6 Å². The number of H-pyrrole nitrogens is 1. The van der Waals surface area contributed by atoms with E-state index in [2.05, 4.69) is 9.97 Å². The lowest BCUT2D eigenvalue weighted by atomic mass is 10.2. The Morgan fingerprint density at radius 1 is 1.26 bits per heavy atom. The average Bonchev–Trinajstić information content (AvgIpc) is 3.10. The summed E-state index contributed by atoms with van der Waals surface area (Å²) in [6, 6.07) is 13.8. The van der Waals surface area contributed by atoms with Gasteiger partial charge in [-0.25, -0.2) is 9.78 Å². The van der Waals surface area contributed by atoms with Crippen molar-refractivity contribution in [3.63, 3.8) is 0 Å². The highest BCUT2D eigenvalue weighted by molar-refractivity contribution is 5.90. The summed E-state index contributed by atoms with van der Waals surface area (Å²) in [5, 5.41) is 30.1. The van der Waals surface area contributed by atoms with E-state index in [1.807, 2.05) is 6.07 Å². The highest BCUT2D eigenvalue weighted by Crippen LogP contribution is 2.19. The van der Waals surface area contributed by atoms with E-state index in [0.717, 1.165) is 0 Å². The number of rotatable bonds is 5. The van der Waals surface area contributed by atoms with Gasteiger partial charge in [-0.15, -0.1) is 0 Å². The fourth-order valence-corrected chi connectivity index (χ4v) is 2.33. The number of allylic oxidation sites excluding steroid dienone is 1. The summed E-state index contributed by atoms with van der Waals surface area (Å²) in [7, 11) is 0. The summed E-state index contributed by atoms with van der Waals surface area (Å²) < 4.78 is 4.96. The fourth-order valence-electron chi connectivity index (χ4n) is 2.33. The normalized spacial score (nSPS) is 11.5. The van der Waals surface area contributed by atoms with Crippen molar-refractivity contribution in [3.8, 4) is 6.07 Å². The first kappa shape index (κ1) is 17.6. The predicted molar refractivity (Wildman–Crippen MR) is 94.6 cm³/mol. The molecule has 3 aromatic rings. The van der Waals surface area contributed by atoms with E-state index in [1.165, 1.54) is 24.3 Å². The number of nitrogens with one attached hydrogen (secondary N) is 1. The van der Waals surface area contributed by atoms with Crippen LogP contribution >= 0.6 is 0 Å². The van der Waals surface area contributed by atoms with Gasteiger partial charge in [-0.3, -0.25) is 10.1 Å². The third-order valence-corrected chi connectivity index (χ3v) is 3.68. The van der Waals surface area contributed by atoms with Crippen LogP contribution in [0.25, 0.3) is 16.6 Å². The molecule has 9 nitrogen and oxygen atoms in total. The largest absolute Gasteiger partial charge is 0.507 e. The topological polar surface area (TPSA) is 142 Å². The van der Waals surface area contributed by atoms with Gasteiger partial charge in [0, 0.05) is 12.1 Å². The molecule has 0 aliphatic heterocycles. The summed E-state index contributed by atoms with van der Waals surface area (Å²) in [5.41, 5.74) is 1.08. The molecule has 0 saturated carbocycles. The number of fused-ring (bicyclic) bond motifs is 1. The summed E-state index contributed by atoms with van der Waals surface area (Å²) in [6.45, 7) is -0.546. The molecule has 0 unspecified atom stereocenters. The van der Waals surface area contributed by atoms with Crippen LogP contribution in [0.2, 0.25) is 0 Å².